The Labute approximate surface area is 165 Å². The highest BCUT2D eigenvalue weighted by molar-refractivity contribution is 6.42. The van der Waals surface area contributed by atoms with Gasteiger partial charge in [-0.15, -0.1) is 5.10 Å². The van der Waals surface area contributed by atoms with E-state index in [0.29, 0.717) is 22.2 Å². The highest BCUT2D eigenvalue weighted by Gasteiger charge is 2.14. The lowest BCUT2D eigenvalue weighted by Crippen LogP contribution is -2.21. The quantitative estimate of drug-likeness (QED) is 0.523. The third-order valence-corrected chi connectivity index (χ3v) is 4.96. The van der Waals surface area contributed by atoms with Crippen LogP contribution in [0.3, 0.4) is 0 Å². The minimum Gasteiger partial charge on any atom is -0.293 e. The van der Waals surface area contributed by atoms with Gasteiger partial charge < -0.3 is 0 Å². The molecule has 0 aliphatic rings. The zero-order valence-electron chi connectivity index (χ0n) is 14.6. The molecule has 2 heterocycles. The summed E-state index contributed by atoms with van der Waals surface area (Å²) in [7, 11) is 0. The molecule has 0 saturated heterocycles. The normalized spacial score (nSPS) is 11.3. The van der Waals surface area contributed by atoms with Crippen molar-refractivity contribution >= 4 is 34.4 Å². The highest BCUT2D eigenvalue weighted by atomic mass is 35.5. The van der Waals surface area contributed by atoms with Crippen molar-refractivity contribution in [1.82, 2.24) is 24.5 Å². The van der Waals surface area contributed by atoms with Crippen LogP contribution < -0.4 is 5.56 Å². The van der Waals surface area contributed by atoms with Crippen LogP contribution in [-0.2, 0) is 6.54 Å². The van der Waals surface area contributed by atoms with Gasteiger partial charge in [0.05, 0.1) is 22.3 Å². The van der Waals surface area contributed by atoms with Crippen LogP contribution in [0.15, 0.2) is 47.5 Å². The van der Waals surface area contributed by atoms with Gasteiger partial charge in [-0.05, 0) is 54.8 Å². The molecule has 0 amide bonds. The van der Waals surface area contributed by atoms with Gasteiger partial charge in [-0.1, -0.05) is 40.5 Å². The predicted octanol–water partition coefficient (Wildman–Crippen LogP) is 3.95. The lowest BCUT2D eigenvalue weighted by atomic mass is 10.1. The maximum absolute atomic E-state index is 12.8. The van der Waals surface area contributed by atoms with E-state index < -0.39 is 0 Å². The Balaban J connectivity index is 1.77. The minimum absolute atomic E-state index is 0.219. The van der Waals surface area contributed by atoms with Gasteiger partial charge in [0.15, 0.2) is 11.2 Å². The molecule has 0 bridgehead atoms. The molecule has 4 aromatic rings. The van der Waals surface area contributed by atoms with Crippen molar-refractivity contribution in [3.05, 3.63) is 79.8 Å². The number of hydrogen-bond acceptors (Lipinski definition) is 4. The van der Waals surface area contributed by atoms with Gasteiger partial charge in [-0.25, -0.2) is 4.98 Å². The second-order valence-electron chi connectivity index (χ2n) is 6.45. The largest absolute Gasteiger partial charge is 0.293 e. The summed E-state index contributed by atoms with van der Waals surface area (Å²) in [6.45, 7) is 4.33. The molecule has 0 spiro atoms. The predicted molar refractivity (Wildman–Crippen MR) is 106 cm³/mol. The fourth-order valence-corrected chi connectivity index (χ4v) is 3.36. The van der Waals surface area contributed by atoms with Crippen LogP contribution in [-0.4, -0.2) is 24.5 Å². The number of rotatable bonds is 3. The van der Waals surface area contributed by atoms with E-state index in [-0.39, 0.29) is 11.1 Å². The molecule has 0 atom stereocenters. The standard InChI is InChI=1S/C19H15Cl2N5O/c1-11-5-12(2)7-14(6-11)26-18-17(23-24-26)19(27)25(10-22-18)9-13-3-4-15(20)16(21)8-13/h3-8,10H,9H2,1-2H3. The van der Waals surface area contributed by atoms with E-state index in [1.807, 2.05) is 32.0 Å². The van der Waals surface area contributed by atoms with E-state index in [4.69, 9.17) is 23.2 Å². The molecular formula is C19H15Cl2N5O. The molecule has 2 aromatic carbocycles. The number of aromatic nitrogens is 5. The molecular weight excluding hydrogens is 385 g/mol. The third-order valence-electron chi connectivity index (χ3n) is 4.22. The van der Waals surface area contributed by atoms with Crippen LogP contribution in [0, 0.1) is 13.8 Å². The van der Waals surface area contributed by atoms with E-state index in [2.05, 4.69) is 21.4 Å². The monoisotopic (exact) mass is 399 g/mol. The zero-order chi connectivity index (χ0) is 19.1. The Bertz CT molecular complexity index is 1210. The van der Waals surface area contributed by atoms with Crippen LogP contribution in [0.2, 0.25) is 10.0 Å². The Morgan fingerprint density at radius 3 is 2.44 bits per heavy atom. The molecule has 8 heteroatoms. The average Bonchev–Trinajstić information content (AvgIpc) is 3.04. The number of benzene rings is 2. The van der Waals surface area contributed by atoms with E-state index >= 15 is 0 Å². The van der Waals surface area contributed by atoms with E-state index in [1.54, 1.807) is 16.8 Å². The van der Waals surface area contributed by atoms with Crippen LogP contribution in [0.25, 0.3) is 16.9 Å². The molecule has 6 nitrogen and oxygen atoms in total. The molecule has 136 valence electrons. The first-order chi connectivity index (χ1) is 12.9. The topological polar surface area (TPSA) is 65.6 Å². The second-order valence-corrected chi connectivity index (χ2v) is 7.26. The lowest BCUT2D eigenvalue weighted by Gasteiger charge is -2.07. The Kier molecular flexibility index (Phi) is 4.45. The van der Waals surface area contributed by atoms with E-state index in [9.17, 15) is 4.79 Å². The van der Waals surface area contributed by atoms with Crippen molar-refractivity contribution in [2.75, 3.05) is 0 Å². The summed E-state index contributed by atoms with van der Waals surface area (Å²) < 4.78 is 3.06. The molecule has 0 unspecified atom stereocenters. The average molecular weight is 400 g/mol. The first kappa shape index (κ1) is 17.7. The summed E-state index contributed by atoms with van der Waals surface area (Å²) in [4.78, 5) is 17.2. The smallest absolute Gasteiger partial charge is 0.283 e. The van der Waals surface area contributed by atoms with E-state index in [0.717, 1.165) is 22.4 Å². The maximum Gasteiger partial charge on any atom is 0.283 e. The van der Waals surface area contributed by atoms with Crippen LogP contribution >= 0.6 is 23.2 Å². The second kappa shape index (κ2) is 6.79. The van der Waals surface area contributed by atoms with Crippen molar-refractivity contribution in [3.63, 3.8) is 0 Å². The fourth-order valence-electron chi connectivity index (χ4n) is 3.04. The van der Waals surface area contributed by atoms with Gasteiger partial charge in [-0.2, -0.15) is 4.68 Å². The fraction of sp³-hybridized carbons (Fsp3) is 0.158. The van der Waals surface area contributed by atoms with Crippen molar-refractivity contribution in [1.29, 1.82) is 0 Å². The molecule has 0 aliphatic carbocycles. The lowest BCUT2D eigenvalue weighted by molar-refractivity contribution is 0.745. The molecule has 4 rings (SSSR count). The molecule has 0 radical (unpaired) electrons. The number of fused-ring (bicyclic) bond motifs is 1. The molecule has 0 aliphatic heterocycles. The number of hydrogen-bond donors (Lipinski definition) is 0. The van der Waals surface area contributed by atoms with E-state index in [1.165, 1.54) is 10.9 Å². The summed E-state index contributed by atoms with van der Waals surface area (Å²) in [6, 6.07) is 11.3. The summed E-state index contributed by atoms with van der Waals surface area (Å²) in [5, 5.41) is 9.10. The SMILES string of the molecule is Cc1cc(C)cc(-n2nnc3c(=O)n(Cc4ccc(Cl)c(Cl)c4)cnc32)c1. The molecule has 0 N–H and O–H groups in total. The molecule has 0 fully saturated rings. The summed E-state index contributed by atoms with van der Waals surface area (Å²) in [5.41, 5.74) is 4.25. The maximum atomic E-state index is 12.8. The molecule has 0 saturated carbocycles. The highest BCUT2D eigenvalue weighted by Crippen LogP contribution is 2.23. The summed E-state index contributed by atoms with van der Waals surface area (Å²) in [5.74, 6) is 0. The van der Waals surface area contributed by atoms with Gasteiger partial charge in [0.25, 0.3) is 5.56 Å². The Morgan fingerprint density at radius 1 is 1.00 bits per heavy atom. The van der Waals surface area contributed by atoms with Crippen LogP contribution in [0.5, 0.6) is 0 Å². The Morgan fingerprint density at radius 2 is 1.74 bits per heavy atom. The van der Waals surface area contributed by atoms with Crippen molar-refractivity contribution in [2.45, 2.75) is 20.4 Å². The summed E-state index contributed by atoms with van der Waals surface area (Å²) in [6.07, 6.45) is 1.50. The third kappa shape index (κ3) is 3.34. The van der Waals surface area contributed by atoms with Crippen molar-refractivity contribution < 1.29 is 0 Å². The van der Waals surface area contributed by atoms with Gasteiger partial charge >= 0.3 is 0 Å². The molecule has 27 heavy (non-hydrogen) atoms. The number of aryl methyl sites for hydroxylation is 2. The minimum atomic E-state index is -0.262. The summed E-state index contributed by atoms with van der Waals surface area (Å²) >= 11 is 12.0. The number of halogens is 2. The van der Waals surface area contributed by atoms with Gasteiger partial charge in [0.1, 0.15) is 6.33 Å². The van der Waals surface area contributed by atoms with Crippen LogP contribution in [0.1, 0.15) is 16.7 Å². The van der Waals surface area contributed by atoms with Crippen molar-refractivity contribution in [3.8, 4) is 5.69 Å². The first-order valence-electron chi connectivity index (χ1n) is 8.26. The van der Waals surface area contributed by atoms with Gasteiger partial charge in [-0.3, -0.25) is 9.36 Å². The van der Waals surface area contributed by atoms with Gasteiger partial charge in [0, 0.05) is 0 Å². The first-order valence-corrected chi connectivity index (χ1v) is 9.01. The zero-order valence-corrected chi connectivity index (χ0v) is 16.2. The van der Waals surface area contributed by atoms with Gasteiger partial charge in [0.2, 0.25) is 0 Å². The molecule has 2 aromatic heterocycles. The number of nitrogens with zero attached hydrogens (tertiary/aromatic N) is 5. The van der Waals surface area contributed by atoms with Crippen molar-refractivity contribution in [2.24, 2.45) is 0 Å². The Hall–Kier alpha value is -2.70. The van der Waals surface area contributed by atoms with Crippen LogP contribution in [0.4, 0.5) is 0 Å².